The molecule has 22 heavy (non-hydrogen) atoms. The van der Waals surface area contributed by atoms with Crippen LogP contribution in [0.5, 0.6) is 5.75 Å². The Morgan fingerprint density at radius 3 is 2.32 bits per heavy atom. The molecule has 2 amide bonds. The monoisotopic (exact) mass is 304 g/mol. The van der Waals surface area contributed by atoms with Crippen LogP contribution in [0.25, 0.3) is 0 Å². The lowest BCUT2D eigenvalue weighted by molar-refractivity contribution is -0.119. The molecule has 0 spiro atoms. The fourth-order valence-corrected chi connectivity index (χ4v) is 3.06. The van der Waals surface area contributed by atoms with Gasteiger partial charge in [-0.05, 0) is 48.9 Å². The summed E-state index contributed by atoms with van der Waals surface area (Å²) >= 11 is 0. The number of nitrogens with two attached hydrogens (primary N) is 1. The molecule has 1 aliphatic carbocycles. The summed E-state index contributed by atoms with van der Waals surface area (Å²) in [6, 6.07) is 6.97. The molecular weight excluding hydrogens is 280 g/mol. The highest BCUT2D eigenvalue weighted by Gasteiger charge is 2.29. The smallest absolute Gasteiger partial charge is 0.255 e. The summed E-state index contributed by atoms with van der Waals surface area (Å²) in [5, 5.41) is 3.15. The average Bonchev–Trinajstić information content (AvgIpc) is 2.49. The molecule has 0 saturated heterocycles. The van der Waals surface area contributed by atoms with Crippen LogP contribution in [0.4, 0.5) is 0 Å². The van der Waals surface area contributed by atoms with Crippen molar-refractivity contribution in [1.29, 1.82) is 0 Å². The van der Waals surface area contributed by atoms with Gasteiger partial charge in [0.1, 0.15) is 5.75 Å². The molecule has 1 aromatic carbocycles. The number of amides is 2. The van der Waals surface area contributed by atoms with Gasteiger partial charge in [0.2, 0.25) is 0 Å². The minimum absolute atomic E-state index is 0.0629. The van der Waals surface area contributed by atoms with Crippen molar-refractivity contribution in [3.63, 3.8) is 0 Å². The molecule has 2 rings (SSSR count). The van der Waals surface area contributed by atoms with E-state index in [-0.39, 0.29) is 18.6 Å². The van der Waals surface area contributed by atoms with Crippen molar-refractivity contribution in [2.75, 3.05) is 6.61 Å². The minimum atomic E-state index is -0.526. The van der Waals surface area contributed by atoms with Gasteiger partial charge in [-0.1, -0.05) is 20.3 Å². The SMILES string of the molecule is C[C@@H]1CCC[C@H](C)C1NC(=O)c1ccc(OCC(N)=O)cc1. The normalized spacial score (nSPS) is 24.5. The van der Waals surface area contributed by atoms with Crippen LogP contribution < -0.4 is 15.8 Å². The number of hydrogen-bond donors (Lipinski definition) is 2. The molecule has 120 valence electrons. The van der Waals surface area contributed by atoms with Gasteiger partial charge in [0.25, 0.3) is 11.8 Å². The van der Waals surface area contributed by atoms with Crippen LogP contribution >= 0.6 is 0 Å². The molecule has 1 aliphatic rings. The molecule has 1 saturated carbocycles. The van der Waals surface area contributed by atoms with Crippen LogP contribution in [0, 0.1) is 11.8 Å². The number of carbonyl (C=O) groups is 2. The zero-order chi connectivity index (χ0) is 16.1. The summed E-state index contributed by atoms with van der Waals surface area (Å²) in [4.78, 5) is 23.0. The molecule has 0 aromatic heterocycles. The largest absolute Gasteiger partial charge is 0.484 e. The molecule has 1 fully saturated rings. The zero-order valence-corrected chi connectivity index (χ0v) is 13.2. The maximum Gasteiger partial charge on any atom is 0.255 e. The van der Waals surface area contributed by atoms with Gasteiger partial charge in [-0.25, -0.2) is 0 Å². The number of benzene rings is 1. The molecule has 0 bridgehead atoms. The first-order chi connectivity index (χ1) is 10.5. The van der Waals surface area contributed by atoms with Gasteiger partial charge in [0, 0.05) is 11.6 Å². The molecule has 5 heteroatoms. The predicted octanol–water partition coefficient (Wildman–Crippen LogP) is 2.11. The van der Waals surface area contributed by atoms with Gasteiger partial charge in [0.05, 0.1) is 0 Å². The van der Waals surface area contributed by atoms with E-state index in [2.05, 4.69) is 19.2 Å². The molecule has 0 radical (unpaired) electrons. The second-order valence-corrected chi connectivity index (χ2v) is 6.16. The summed E-state index contributed by atoms with van der Waals surface area (Å²) in [6.45, 7) is 4.23. The molecule has 0 heterocycles. The third-order valence-corrected chi connectivity index (χ3v) is 4.34. The van der Waals surface area contributed by atoms with Crippen LogP contribution in [0.1, 0.15) is 43.5 Å². The number of ether oxygens (including phenoxy) is 1. The number of nitrogens with one attached hydrogen (secondary N) is 1. The maximum absolute atomic E-state index is 12.4. The summed E-state index contributed by atoms with van der Waals surface area (Å²) in [6.07, 6.45) is 3.56. The number of hydrogen-bond acceptors (Lipinski definition) is 3. The van der Waals surface area contributed by atoms with E-state index < -0.39 is 5.91 Å². The van der Waals surface area contributed by atoms with E-state index in [9.17, 15) is 9.59 Å². The Kier molecular flexibility index (Phi) is 5.41. The molecule has 5 nitrogen and oxygen atoms in total. The van der Waals surface area contributed by atoms with Crippen molar-refractivity contribution < 1.29 is 14.3 Å². The van der Waals surface area contributed by atoms with Crippen molar-refractivity contribution in [2.24, 2.45) is 17.6 Å². The lowest BCUT2D eigenvalue weighted by Crippen LogP contribution is -2.45. The predicted molar refractivity (Wildman–Crippen MR) is 84.6 cm³/mol. The van der Waals surface area contributed by atoms with Gasteiger partial charge in [-0.15, -0.1) is 0 Å². The van der Waals surface area contributed by atoms with Crippen molar-refractivity contribution >= 4 is 11.8 Å². The highest BCUT2D eigenvalue weighted by molar-refractivity contribution is 5.94. The second-order valence-electron chi connectivity index (χ2n) is 6.16. The third-order valence-electron chi connectivity index (χ3n) is 4.34. The van der Waals surface area contributed by atoms with Crippen LogP contribution in [0.2, 0.25) is 0 Å². The van der Waals surface area contributed by atoms with Crippen LogP contribution in [0.3, 0.4) is 0 Å². The first-order valence-electron chi connectivity index (χ1n) is 7.79. The molecule has 3 atom stereocenters. The molecule has 1 aromatic rings. The standard InChI is InChI=1S/C17H24N2O3/c1-11-4-3-5-12(2)16(11)19-17(21)13-6-8-14(9-7-13)22-10-15(18)20/h6-9,11-12,16H,3-5,10H2,1-2H3,(H2,18,20)(H,19,21)/t11-,12+,16?. The third kappa shape index (κ3) is 4.23. The van der Waals surface area contributed by atoms with Crippen LogP contribution in [-0.2, 0) is 4.79 Å². The topological polar surface area (TPSA) is 81.4 Å². The number of carbonyl (C=O) groups excluding carboxylic acids is 2. The van der Waals surface area contributed by atoms with Crippen LogP contribution in [0.15, 0.2) is 24.3 Å². The summed E-state index contributed by atoms with van der Waals surface area (Å²) in [5.74, 6) is 0.945. The average molecular weight is 304 g/mol. The highest BCUT2D eigenvalue weighted by Crippen LogP contribution is 2.29. The summed E-state index contributed by atoms with van der Waals surface area (Å²) in [7, 11) is 0. The minimum Gasteiger partial charge on any atom is -0.484 e. The van der Waals surface area contributed by atoms with Crippen LogP contribution in [-0.4, -0.2) is 24.5 Å². The Balaban J connectivity index is 1.96. The molecule has 3 N–H and O–H groups in total. The molecule has 1 unspecified atom stereocenters. The van der Waals surface area contributed by atoms with Gasteiger partial charge in [-0.3, -0.25) is 9.59 Å². The molecular formula is C17H24N2O3. The van der Waals surface area contributed by atoms with E-state index in [1.54, 1.807) is 24.3 Å². The number of rotatable bonds is 5. The molecule has 0 aliphatic heterocycles. The van der Waals surface area contributed by atoms with Gasteiger partial charge >= 0.3 is 0 Å². The van der Waals surface area contributed by atoms with E-state index in [0.717, 1.165) is 12.8 Å². The Bertz CT molecular complexity index is 517. The Morgan fingerprint density at radius 1 is 1.18 bits per heavy atom. The van der Waals surface area contributed by atoms with Gasteiger partial charge in [-0.2, -0.15) is 0 Å². The van der Waals surface area contributed by atoms with Crippen molar-refractivity contribution in [1.82, 2.24) is 5.32 Å². The van der Waals surface area contributed by atoms with E-state index in [1.165, 1.54) is 6.42 Å². The van der Waals surface area contributed by atoms with Gasteiger partial charge < -0.3 is 15.8 Å². The van der Waals surface area contributed by atoms with Crippen molar-refractivity contribution in [2.45, 2.75) is 39.2 Å². The Hall–Kier alpha value is -2.04. The Labute approximate surface area is 131 Å². The summed E-state index contributed by atoms with van der Waals surface area (Å²) < 4.78 is 5.18. The van der Waals surface area contributed by atoms with E-state index in [4.69, 9.17) is 10.5 Å². The number of primary amides is 1. The van der Waals surface area contributed by atoms with Gasteiger partial charge in [0.15, 0.2) is 6.61 Å². The van der Waals surface area contributed by atoms with E-state index in [1.807, 2.05) is 0 Å². The second kappa shape index (κ2) is 7.29. The first-order valence-corrected chi connectivity index (χ1v) is 7.79. The zero-order valence-electron chi connectivity index (χ0n) is 13.2. The van der Waals surface area contributed by atoms with E-state index in [0.29, 0.717) is 23.1 Å². The van der Waals surface area contributed by atoms with E-state index >= 15 is 0 Å². The quantitative estimate of drug-likeness (QED) is 0.874. The summed E-state index contributed by atoms with van der Waals surface area (Å²) in [5.41, 5.74) is 5.61. The van der Waals surface area contributed by atoms with Crippen molar-refractivity contribution in [3.8, 4) is 5.75 Å². The highest BCUT2D eigenvalue weighted by atomic mass is 16.5. The lowest BCUT2D eigenvalue weighted by Gasteiger charge is -2.35. The Morgan fingerprint density at radius 2 is 1.77 bits per heavy atom. The maximum atomic E-state index is 12.4. The van der Waals surface area contributed by atoms with Crippen molar-refractivity contribution in [3.05, 3.63) is 29.8 Å². The fourth-order valence-electron chi connectivity index (χ4n) is 3.06. The fraction of sp³-hybridized carbons (Fsp3) is 0.529. The lowest BCUT2D eigenvalue weighted by atomic mass is 9.78. The first kappa shape index (κ1) is 16.3.